The van der Waals surface area contributed by atoms with Crippen molar-refractivity contribution in [1.29, 1.82) is 0 Å². The molecule has 0 radical (unpaired) electrons. The first kappa shape index (κ1) is 16.6. The molecule has 0 aliphatic rings. The van der Waals surface area contributed by atoms with Gasteiger partial charge < -0.3 is 5.32 Å². The van der Waals surface area contributed by atoms with E-state index in [0.717, 1.165) is 27.7 Å². The van der Waals surface area contributed by atoms with E-state index >= 15 is 0 Å². The van der Waals surface area contributed by atoms with Crippen molar-refractivity contribution < 1.29 is 13.2 Å². The number of sulfonamides is 1. The van der Waals surface area contributed by atoms with E-state index in [-0.39, 0.29) is 21.7 Å². The van der Waals surface area contributed by atoms with Gasteiger partial charge in [0.05, 0.1) is 11.6 Å². The average Bonchev–Trinajstić information content (AvgIpc) is 3.04. The molecule has 1 aromatic heterocycles. The van der Waals surface area contributed by atoms with Gasteiger partial charge in [-0.1, -0.05) is 36.4 Å². The highest BCUT2D eigenvalue weighted by Gasteiger charge is 2.17. The third kappa shape index (κ3) is 3.48. The number of amides is 1. The molecule has 7 heteroatoms. The predicted molar refractivity (Wildman–Crippen MR) is 95.5 cm³/mol. The number of carbonyl (C=O) groups is 1. The molecule has 1 heterocycles. The summed E-state index contributed by atoms with van der Waals surface area (Å²) in [5, 5.41) is 11.7. The molecule has 0 spiro atoms. The number of nitrogens with two attached hydrogens (primary N) is 1. The van der Waals surface area contributed by atoms with Gasteiger partial charge in [-0.2, -0.15) is 0 Å². The highest BCUT2D eigenvalue weighted by Crippen LogP contribution is 2.22. The van der Waals surface area contributed by atoms with Crippen LogP contribution in [0.1, 0.15) is 28.9 Å². The minimum atomic E-state index is -3.78. The van der Waals surface area contributed by atoms with Crippen molar-refractivity contribution in [2.45, 2.75) is 17.2 Å². The van der Waals surface area contributed by atoms with Crippen molar-refractivity contribution in [3.05, 3.63) is 65.0 Å². The molecule has 24 heavy (non-hydrogen) atoms. The molecule has 5 nitrogen and oxygen atoms in total. The zero-order chi connectivity index (χ0) is 17.3. The number of rotatable bonds is 4. The summed E-state index contributed by atoms with van der Waals surface area (Å²) in [6, 6.07) is 15.1. The molecule has 0 aliphatic carbocycles. The maximum absolute atomic E-state index is 12.3. The number of hydrogen-bond acceptors (Lipinski definition) is 4. The van der Waals surface area contributed by atoms with E-state index in [1.165, 1.54) is 11.4 Å². The minimum Gasteiger partial charge on any atom is -0.345 e. The Kier molecular flexibility index (Phi) is 4.40. The summed E-state index contributed by atoms with van der Waals surface area (Å²) in [6.07, 6.45) is 0. The van der Waals surface area contributed by atoms with Gasteiger partial charge >= 0.3 is 0 Å². The van der Waals surface area contributed by atoms with E-state index in [1.54, 1.807) is 0 Å². The molecule has 124 valence electrons. The van der Waals surface area contributed by atoms with Gasteiger partial charge in [-0.3, -0.25) is 4.79 Å². The molecule has 2 aromatic carbocycles. The second-order valence-corrected chi connectivity index (χ2v) is 8.20. The van der Waals surface area contributed by atoms with Crippen LogP contribution < -0.4 is 10.5 Å². The van der Waals surface area contributed by atoms with Crippen LogP contribution in [0.4, 0.5) is 0 Å². The average molecular weight is 360 g/mol. The lowest BCUT2D eigenvalue weighted by atomic mass is 10.0. The van der Waals surface area contributed by atoms with Gasteiger partial charge in [-0.05, 0) is 35.4 Å². The molecular formula is C17H16N2O3S2. The van der Waals surface area contributed by atoms with Crippen LogP contribution in [0.3, 0.4) is 0 Å². The van der Waals surface area contributed by atoms with E-state index in [2.05, 4.69) is 5.32 Å². The van der Waals surface area contributed by atoms with Gasteiger partial charge in [0.2, 0.25) is 10.0 Å². The fraction of sp³-hybridized carbons (Fsp3) is 0.118. The lowest BCUT2D eigenvalue weighted by Gasteiger charge is -2.14. The monoisotopic (exact) mass is 360 g/mol. The van der Waals surface area contributed by atoms with E-state index in [4.69, 9.17) is 5.14 Å². The molecule has 0 fully saturated rings. The zero-order valence-electron chi connectivity index (χ0n) is 12.9. The molecule has 1 atom stereocenters. The first-order chi connectivity index (χ1) is 11.3. The number of fused-ring (bicyclic) bond motifs is 1. The Morgan fingerprint density at radius 3 is 2.50 bits per heavy atom. The number of thiophene rings is 1. The van der Waals surface area contributed by atoms with Crippen molar-refractivity contribution in [2.75, 3.05) is 0 Å². The van der Waals surface area contributed by atoms with Crippen LogP contribution in [-0.4, -0.2) is 14.3 Å². The largest absolute Gasteiger partial charge is 0.345 e. The number of hydrogen-bond donors (Lipinski definition) is 2. The molecule has 0 bridgehead atoms. The first-order valence-electron chi connectivity index (χ1n) is 7.25. The van der Waals surface area contributed by atoms with Crippen LogP contribution in [0.2, 0.25) is 0 Å². The normalized spacial score (nSPS) is 12.9. The summed E-state index contributed by atoms with van der Waals surface area (Å²) < 4.78 is 22.6. The summed E-state index contributed by atoms with van der Waals surface area (Å²) in [5.41, 5.74) is 1.26. The summed E-state index contributed by atoms with van der Waals surface area (Å²) in [7, 11) is -3.78. The van der Waals surface area contributed by atoms with Gasteiger partial charge in [0.1, 0.15) is 4.21 Å². The first-order valence-corrected chi connectivity index (χ1v) is 9.68. The van der Waals surface area contributed by atoms with Crippen LogP contribution in [0.25, 0.3) is 10.8 Å². The molecule has 0 saturated carbocycles. The molecular weight excluding hydrogens is 344 g/mol. The third-order valence-corrected chi connectivity index (χ3v) is 6.13. The minimum absolute atomic E-state index is 0.0222. The summed E-state index contributed by atoms with van der Waals surface area (Å²) in [5.74, 6) is -0.332. The topological polar surface area (TPSA) is 89.3 Å². The van der Waals surface area contributed by atoms with E-state index in [9.17, 15) is 13.2 Å². The fourth-order valence-corrected chi connectivity index (χ4v) is 4.01. The Hall–Kier alpha value is -2.22. The van der Waals surface area contributed by atoms with Gasteiger partial charge in [-0.25, -0.2) is 13.6 Å². The summed E-state index contributed by atoms with van der Waals surface area (Å²) >= 11 is 0.936. The maximum atomic E-state index is 12.3. The zero-order valence-corrected chi connectivity index (χ0v) is 14.5. The lowest BCUT2D eigenvalue weighted by molar-refractivity contribution is 0.0940. The Morgan fingerprint density at radius 1 is 1.12 bits per heavy atom. The predicted octanol–water partition coefficient (Wildman–Crippen LogP) is 3.04. The van der Waals surface area contributed by atoms with Crippen LogP contribution >= 0.6 is 11.3 Å². The molecule has 0 aliphatic heterocycles. The number of nitrogens with one attached hydrogen (secondary N) is 1. The highest BCUT2D eigenvalue weighted by molar-refractivity contribution is 7.91. The maximum Gasteiger partial charge on any atom is 0.252 e. The van der Waals surface area contributed by atoms with Gasteiger partial charge in [-0.15, -0.1) is 11.3 Å². The molecule has 1 unspecified atom stereocenters. The SMILES string of the molecule is CC(NC(=O)c1csc(S(N)(=O)=O)c1)c1ccc2ccccc2c1. The molecule has 0 saturated heterocycles. The second-order valence-electron chi connectivity index (χ2n) is 5.50. The number of carbonyl (C=O) groups excluding carboxylic acids is 1. The Labute approximate surface area is 144 Å². The van der Waals surface area contributed by atoms with Crippen molar-refractivity contribution in [2.24, 2.45) is 5.14 Å². The van der Waals surface area contributed by atoms with E-state index in [0.29, 0.717) is 0 Å². The lowest BCUT2D eigenvalue weighted by Crippen LogP contribution is -2.26. The Morgan fingerprint density at radius 2 is 1.83 bits per heavy atom. The summed E-state index contributed by atoms with van der Waals surface area (Å²) in [6.45, 7) is 1.88. The van der Waals surface area contributed by atoms with Crippen molar-refractivity contribution in [3.8, 4) is 0 Å². The van der Waals surface area contributed by atoms with Gasteiger partial charge in [0.15, 0.2) is 0 Å². The number of benzene rings is 2. The quantitative estimate of drug-likeness (QED) is 0.749. The van der Waals surface area contributed by atoms with Crippen LogP contribution in [0.15, 0.2) is 58.1 Å². The van der Waals surface area contributed by atoms with Crippen LogP contribution in [-0.2, 0) is 10.0 Å². The van der Waals surface area contributed by atoms with Crippen molar-refractivity contribution >= 4 is 38.0 Å². The van der Waals surface area contributed by atoms with Gasteiger partial charge in [0, 0.05) is 5.38 Å². The summed E-state index contributed by atoms with van der Waals surface area (Å²) in [4.78, 5) is 12.3. The smallest absolute Gasteiger partial charge is 0.252 e. The molecule has 3 N–H and O–H groups in total. The fourth-order valence-electron chi connectivity index (χ4n) is 2.43. The van der Waals surface area contributed by atoms with Crippen molar-refractivity contribution in [1.82, 2.24) is 5.32 Å². The second kappa shape index (κ2) is 6.35. The molecule has 3 aromatic rings. The van der Waals surface area contributed by atoms with Gasteiger partial charge in [0.25, 0.3) is 5.91 Å². The van der Waals surface area contributed by atoms with Crippen molar-refractivity contribution in [3.63, 3.8) is 0 Å². The van der Waals surface area contributed by atoms with Crippen LogP contribution in [0, 0.1) is 0 Å². The van der Waals surface area contributed by atoms with Crippen LogP contribution in [0.5, 0.6) is 0 Å². The molecule has 3 rings (SSSR count). The Bertz CT molecular complexity index is 1010. The van der Waals surface area contributed by atoms with E-state index < -0.39 is 10.0 Å². The number of primary sulfonamides is 1. The molecule has 1 amide bonds. The Balaban J connectivity index is 1.79. The highest BCUT2D eigenvalue weighted by atomic mass is 32.2. The standard InChI is InChI=1S/C17H16N2O3S2/c1-11(13-7-6-12-4-2-3-5-14(12)8-13)19-17(20)15-9-16(23-10-15)24(18,21)22/h2-11H,1H3,(H,19,20)(H2,18,21,22). The van der Waals surface area contributed by atoms with E-state index in [1.807, 2.05) is 49.4 Å². The third-order valence-electron chi connectivity index (χ3n) is 3.74.